The molecule has 4 rings (SSSR count). The molecule has 10 nitrogen and oxygen atoms in total. The first-order chi connectivity index (χ1) is 14.3. The normalized spacial score (nSPS) is 18.8. The van der Waals surface area contributed by atoms with Crippen LogP contribution in [0.15, 0.2) is 11.0 Å². The van der Waals surface area contributed by atoms with Crippen molar-refractivity contribution < 1.29 is 13.2 Å². The van der Waals surface area contributed by atoms with Gasteiger partial charge >= 0.3 is 0 Å². The zero-order chi connectivity index (χ0) is 21.5. The van der Waals surface area contributed by atoms with E-state index in [1.165, 1.54) is 0 Å². The fourth-order valence-corrected chi connectivity index (χ4v) is 5.84. The maximum atomic E-state index is 13.2. The molecule has 2 aliphatic rings. The molecule has 11 heteroatoms. The minimum Gasteiger partial charge on any atom is -0.378 e. The summed E-state index contributed by atoms with van der Waals surface area (Å²) >= 11 is 0. The predicted octanol–water partition coefficient (Wildman–Crippen LogP) is 0.483. The third-order valence-electron chi connectivity index (χ3n) is 5.73. The highest BCUT2D eigenvalue weighted by Crippen LogP contribution is 2.25. The Morgan fingerprint density at radius 1 is 0.933 bits per heavy atom. The summed E-state index contributed by atoms with van der Waals surface area (Å²) in [5.74, 6) is 1.56. The second-order valence-electron chi connectivity index (χ2n) is 7.78. The highest BCUT2D eigenvalue weighted by molar-refractivity contribution is 7.89. The van der Waals surface area contributed by atoms with Gasteiger partial charge in [-0.05, 0) is 20.8 Å². The van der Waals surface area contributed by atoms with Gasteiger partial charge in [-0.25, -0.2) is 13.4 Å². The van der Waals surface area contributed by atoms with Crippen molar-refractivity contribution in [2.24, 2.45) is 7.05 Å². The first-order valence-electron chi connectivity index (χ1n) is 10.2. The molecule has 0 spiro atoms. The molecule has 2 fully saturated rings. The monoisotopic (exact) mass is 435 g/mol. The molecule has 0 atom stereocenters. The molecule has 0 amide bonds. The number of nitrogens with zero attached hydrogens (tertiary/aromatic N) is 7. The second kappa shape index (κ2) is 8.12. The van der Waals surface area contributed by atoms with Crippen LogP contribution in [0, 0.1) is 20.8 Å². The number of ether oxygens (including phenoxy) is 1. The van der Waals surface area contributed by atoms with Crippen molar-refractivity contribution in [2.45, 2.75) is 25.7 Å². The standard InChI is InChI=1S/C19H29N7O3S/c1-14-13-17(24-9-11-29-12-10-24)21-19(20-14)25-5-7-26(8-6-25)30(27,28)18-15(2)22-23(4)16(18)3/h13H,5-12H2,1-4H3. The van der Waals surface area contributed by atoms with Gasteiger partial charge in [0.25, 0.3) is 0 Å². The smallest absolute Gasteiger partial charge is 0.246 e. The number of hydrogen-bond acceptors (Lipinski definition) is 8. The van der Waals surface area contributed by atoms with E-state index in [0.717, 1.165) is 24.6 Å². The molecule has 164 valence electrons. The summed E-state index contributed by atoms with van der Waals surface area (Å²) in [4.78, 5) is 14.0. The van der Waals surface area contributed by atoms with E-state index >= 15 is 0 Å². The van der Waals surface area contributed by atoms with Gasteiger partial charge in [-0.15, -0.1) is 0 Å². The van der Waals surface area contributed by atoms with Crippen molar-refractivity contribution in [3.8, 4) is 0 Å². The molecule has 0 bridgehead atoms. The lowest BCUT2D eigenvalue weighted by Gasteiger charge is -2.35. The van der Waals surface area contributed by atoms with E-state index in [1.807, 2.05) is 13.0 Å². The van der Waals surface area contributed by atoms with Gasteiger partial charge < -0.3 is 14.5 Å². The van der Waals surface area contributed by atoms with Crippen LogP contribution in [0.1, 0.15) is 17.1 Å². The summed E-state index contributed by atoms with van der Waals surface area (Å²) in [6.07, 6.45) is 0. The van der Waals surface area contributed by atoms with Crippen molar-refractivity contribution in [3.63, 3.8) is 0 Å². The summed E-state index contributed by atoms with van der Waals surface area (Å²) in [6, 6.07) is 1.99. The maximum Gasteiger partial charge on any atom is 0.246 e. The fraction of sp³-hybridized carbons (Fsp3) is 0.632. The molecule has 0 aliphatic carbocycles. The number of sulfonamides is 1. The topological polar surface area (TPSA) is 96.7 Å². The Morgan fingerprint density at radius 3 is 2.20 bits per heavy atom. The molecule has 0 aromatic carbocycles. The van der Waals surface area contributed by atoms with Crippen molar-refractivity contribution >= 4 is 21.8 Å². The van der Waals surface area contributed by atoms with Gasteiger partial charge in [-0.3, -0.25) is 4.68 Å². The molecule has 2 saturated heterocycles. The minimum absolute atomic E-state index is 0.319. The predicted molar refractivity (Wildman–Crippen MR) is 113 cm³/mol. The van der Waals surface area contributed by atoms with Gasteiger partial charge in [0.1, 0.15) is 10.7 Å². The first kappa shape index (κ1) is 21.0. The van der Waals surface area contributed by atoms with Crippen molar-refractivity contribution in [1.82, 2.24) is 24.1 Å². The number of rotatable bonds is 4. The van der Waals surface area contributed by atoms with Crippen LogP contribution < -0.4 is 9.80 Å². The summed E-state index contributed by atoms with van der Waals surface area (Å²) in [6.45, 7) is 10.4. The molecule has 0 radical (unpaired) electrons. The SMILES string of the molecule is Cc1cc(N2CCOCC2)nc(N2CCN(S(=O)(=O)c3c(C)nn(C)c3C)CC2)n1. The molecule has 0 unspecified atom stereocenters. The Balaban J connectivity index is 1.50. The lowest BCUT2D eigenvalue weighted by molar-refractivity contribution is 0.122. The average molecular weight is 436 g/mol. The molecule has 2 aromatic heterocycles. The van der Waals surface area contributed by atoms with E-state index in [4.69, 9.17) is 9.72 Å². The van der Waals surface area contributed by atoms with Gasteiger partial charge in [0.05, 0.1) is 24.6 Å². The van der Waals surface area contributed by atoms with Crippen LogP contribution in [0.2, 0.25) is 0 Å². The average Bonchev–Trinajstić information content (AvgIpc) is 3.00. The van der Waals surface area contributed by atoms with Crippen molar-refractivity contribution in [3.05, 3.63) is 23.1 Å². The molecule has 2 aliphatic heterocycles. The van der Waals surface area contributed by atoms with Crippen LogP contribution in [0.4, 0.5) is 11.8 Å². The molecule has 4 heterocycles. The zero-order valence-corrected chi connectivity index (χ0v) is 18.8. The number of hydrogen-bond donors (Lipinski definition) is 0. The Morgan fingerprint density at radius 2 is 1.60 bits per heavy atom. The largest absolute Gasteiger partial charge is 0.378 e. The van der Waals surface area contributed by atoms with Crippen molar-refractivity contribution in [2.75, 3.05) is 62.3 Å². The van der Waals surface area contributed by atoms with Gasteiger partial charge in [0, 0.05) is 58.1 Å². The number of aryl methyl sites for hydroxylation is 3. The third kappa shape index (κ3) is 3.88. The fourth-order valence-electron chi connectivity index (χ4n) is 4.02. The van der Waals surface area contributed by atoms with Crippen molar-refractivity contribution in [1.29, 1.82) is 0 Å². The molecular formula is C19H29N7O3S. The van der Waals surface area contributed by atoms with E-state index in [1.54, 1.807) is 29.9 Å². The third-order valence-corrected chi connectivity index (χ3v) is 7.88. The summed E-state index contributed by atoms with van der Waals surface area (Å²) in [7, 11) is -1.82. The Bertz CT molecular complexity index is 1020. The lowest BCUT2D eigenvalue weighted by Crippen LogP contribution is -2.49. The Hall–Kier alpha value is -2.24. The van der Waals surface area contributed by atoms with Gasteiger partial charge in [-0.1, -0.05) is 0 Å². The van der Waals surface area contributed by atoms with E-state index in [-0.39, 0.29) is 0 Å². The van der Waals surface area contributed by atoms with E-state index < -0.39 is 10.0 Å². The first-order valence-corrected chi connectivity index (χ1v) is 11.6. The van der Waals surface area contributed by atoms with Crippen LogP contribution in [0.25, 0.3) is 0 Å². The van der Waals surface area contributed by atoms with Crippen LogP contribution >= 0.6 is 0 Å². The second-order valence-corrected chi connectivity index (χ2v) is 9.66. The highest BCUT2D eigenvalue weighted by Gasteiger charge is 2.33. The highest BCUT2D eigenvalue weighted by atomic mass is 32.2. The quantitative estimate of drug-likeness (QED) is 0.684. The lowest BCUT2D eigenvalue weighted by atomic mass is 10.3. The van der Waals surface area contributed by atoms with E-state index in [0.29, 0.717) is 61.6 Å². The van der Waals surface area contributed by atoms with Crippen LogP contribution in [0.5, 0.6) is 0 Å². The van der Waals surface area contributed by atoms with Crippen LogP contribution in [-0.4, -0.2) is 85.0 Å². The van der Waals surface area contributed by atoms with Crippen LogP contribution in [-0.2, 0) is 21.8 Å². The molecule has 0 saturated carbocycles. The Kier molecular flexibility index (Phi) is 5.69. The van der Waals surface area contributed by atoms with E-state index in [2.05, 4.69) is 19.9 Å². The summed E-state index contributed by atoms with van der Waals surface area (Å²) in [5, 5.41) is 4.26. The molecule has 30 heavy (non-hydrogen) atoms. The zero-order valence-electron chi connectivity index (χ0n) is 18.0. The maximum absolute atomic E-state index is 13.2. The number of morpholine rings is 1. The molecule has 0 N–H and O–H groups in total. The minimum atomic E-state index is -3.58. The number of aromatic nitrogens is 4. The molecule has 2 aromatic rings. The summed E-state index contributed by atoms with van der Waals surface area (Å²) in [5.41, 5.74) is 2.10. The van der Waals surface area contributed by atoms with Gasteiger partial charge in [0.2, 0.25) is 16.0 Å². The number of piperazine rings is 1. The van der Waals surface area contributed by atoms with Crippen LogP contribution in [0.3, 0.4) is 0 Å². The Labute approximate surface area is 177 Å². The van der Waals surface area contributed by atoms with Gasteiger partial charge in [0.15, 0.2) is 0 Å². The van der Waals surface area contributed by atoms with E-state index in [9.17, 15) is 8.42 Å². The summed E-state index contributed by atoms with van der Waals surface area (Å²) < 4.78 is 35.0. The number of anilines is 2. The van der Waals surface area contributed by atoms with Gasteiger partial charge in [-0.2, -0.15) is 14.4 Å². The molecular weight excluding hydrogens is 406 g/mol.